The molecular formula is C11H14BrN3O. The Morgan fingerprint density at radius 1 is 1.75 bits per heavy atom. The molecular weight excluding hydrogens is 270 g/mol. The molecule has 5 heteroatoms. The second kappa shape index (κ2) is 5.71. The van der Waals surface area contributed by atoms with Crippen LogP contribution >= 0.6 is 15.9 Å². The normalized spacial score (nSPS) is 11.9. The molecule has 0 aliphatic rings. The van der Waals surface area contributed by atoms with Crippen molar-refractivity contribution in [3.05, 3.63) is 22.4 Å². The van der Waals surface area contributed by atoms with E-state index in [1.54, 1.807) is 24.1 Å². The summed E-state index contributed by atoms with van der Waals surface area (Å²) < 4.78 is 0.847. The van der Waals surface area contributed by atoms with Crippen LogP contribution in [0.1, 0.15) is 24.3 Å². The van der Waals surface area contributed by atoms with Gasteiger partial charge in [-0.2, -0.15) is 5.26 Å². The quantitative estimate of drug-likeness (QED) is 0.922. The molecule has 1 heterocycles. The van der Waals surface area contributed by atoms with Gasteiger partial charge in [0.25, 0.3) is 5.91 Å². The van der Waals surface area contributed by atoms with Crippen molar-refractivity contribution >= 4 is 21.8 Å². The Kier molecular flexibility index (Phi) is 4.56. The number of carbonyl (C=O) groups is 1. The average Bonchev–Trinajstić information content (AvgIpc) is 2.71. The van der Waals surface area contributed by atoms with Crippen LogP contribution < -0.4 is 0 Å². The lowest BCUT2D eigenvalue weighted by molar-refractivity contribution is 0.0747. The van der Waals surface area contributed by atoms with Crippen molar-refractivity contribution < 1.29 is 4.79 Å². The number of aromatic amines is 1. The fraction of sp³-hybridized carbons (Fsp3) is 0.455. The fourth-order valence-corrected chi connectivity index (χ4v) is 1.73. The molecule has 1 N–H and O–H groups in total. The van der Waals surface area contributed by atoms with Gasteiger partial charge in [-0.15, -0.1) is 0 Å². The molecule has 0 radical (unpaired) electrons. The molecule has 1 amide bonds. The minimum atomic E-state index is -0.151. The Morgan fingerprint density at radius 3 is 2.88 bits per heavy atom. The van der Waals surface area contributed by atoms with Gasteiger partial charge in [0.2, 0.25) is 0 Å². The molecule has 0 spiro atoms. The molecule has 0 fully saturated rings. The Balaban J connectivity index is 2.74. The summed E-state index contributed by atoms with van der Waals surface area (Å²) in [5, 5.41) is 8.73. The third-order valence-electron chi connectivity index (χ3n) is 2.26. The van der Waals surface area contributed by atoms with Crippen LogP contribution in [0.5, 0.6) is 0 Å². The lowest BCUT2D eigenvalue weighted by Gasteiger charge is -2.21. The van der Waals surface area contributed by atoms with Crippen molar-refractivity contribution in [2.24, 2.45) is 5.92 Å². The molecule has 0 aromatic carbocycles. The molecule has 1 aromatic rings. The van der Waals surface area contributed by atoms with Crippen LogP contribution in [0, 0.1) is 17.2 Å². The number of hydrogen-bond acceptors (Lipinski definition) is 2. The molecule has 0 bridgehead atoms. The highest BCUT2D eigenvalue weighted by molar-refractivity contribution is 9.10. The summed E-state index contributed by atoms with van der Waals surface area (Å²) in [6.45, 7) is 4.77. The molecule has 86 valence electrons. The number of nitrogens with zero attached hydrogens (tertiary/aromatic N) is 2. The number of nitriles is 1. The van der Waals surface area contributed by atoms with E-state index in [1.807, 2.05) is 6.92 Å². The van der Waals surface area contributed by atoms with Crippen LogP contribution in [0.25, 0.3) is 0 Å². The first-order chi connectivity index (χ1) is 7.58. The monoisotopic (exact) mass is 283 g/mol. The van der Waals surface area contributed by atoms with Gasteiger partial charge < -0.3 is 9.88 Å². The van der Waals surface area contributed by atoms with Crippen molar-refractivity contribution in [3.8, 4) is 6.07 Å². The van der Waals surface area contributed by atoms with Gasteiger partial charge in [-0.1, -0.05) is 0 Å². The standard InChI is InChI=1S/C11H14BrN3O/c1-3-15(7-8(2)5-13)11(16)10-4-9(12)6-14-10/h4,6,8,14H,3,7H2,1-2H3. The van der Waals surface area contributed by atoms with Crippen LogP contribution in [0.15, 0.2) is 16.7 Å². The number of amides is 1. The first kappa shape index (κ1) is 12.8. The summed E-state index contributed by atoms with van der Waals surface area (Å²) in [5.41, 5.74) is 0.541. The Labute approximate surface area is 103 Å². The van der Waals surface area contributed by atoms with Gasteiger partial charge in [-0.05, 0) is 35.8 Å². The van der Waals surface area contributed by atoms with Crippen LogP contribution in [0.4, 0.5) is 0 Å². The maximum atomic E-state index is 12.0. The van der Waals surface area contributed by atoms with Crippen molar-refractivity contribution in [2.45, 2.75) is 13.8 Å². The minimum absolute atomic E-state index is 0.0738. The van der Waals surface area contributed by atoms with Crippen LogP contribution in [-0.4, -0.2) is 28.9 Å². The summed E-state index contributed by atoms with van der Waals surface area (Å²) in [4.78, 5) is 16.6. The van der Waals surface area contributed by atoms with E-state index >= 15 is 0 Å². The SMILES string of the molecule is CCN(CC(C)C#N)C(=O)c1cc(Br)c[nH]1. The molecule has 0 saturated carbocycles. The second-order valence-electron chi connectivity index (χ2n) is 3.61. The Bertz CT molecular complexity index is 408. The molecule has 1 aromatic heterocycles. The van der Waals surface area contributed by atoms with Crippen molar-refractivity contribution in [1.29, 1.82) is 5.26 Å². The number of aromatic nitrogens is 1. The third-order valence-corrected chi connectivity index (χ3v) is 2.72. The second-order valence-corrected chi connectivity index (χ2v) is 4.52. The van der Waals surface area contributed by atoms with E-state index in [4.69, 9.17) is 5.26 Å². The van der Waals surface area contributed by atoms with E-state index in [0.717, 1.165) is 4.47 Å². The van der Waals surface area contributed by atoms with Crippen LogP contribution in [0.2, 0.25) is 0 Å². The number of halogens is 1. The van der Waals surface area contributed by atoms with Crippen LogP contribution in [-0.2, 0) is 0 Å². The molecule has 0 aliphatic carbocycles. The maximum absolute atomic E-state index is 12.0. The molecule has 4 nitrogen and oxygen atoms in total. The highest BCUT2D eigenvalue weighted by atomic mass is 79.9. The zero-order valence-electron chi connectivity index (χ0n) is 9.33. The van der Waals surface area contributed by atoms with Crippen molar-refractivity contribution in [2.75, 3.05) is 13.1 Å². The van der Waals surface area contributed by atoms with Gasteiger partial charge in [-0.3, -0.25) is 4.79 Å². The van der Waals surface area contributed by atoms with E-state index in [-0.39, 0.29) is 11.8 Å². The fourth-order valence-electron chi connectivity index (χ4n) is 1.39. The van der Waals surface area contributed by atoms with Crippen LogP contribution in [0.3, 0.4) is 0 Å². The molecule has 1 atom stereocenters. The third kappa shape index (κ3) is 3.11. The summed E-state index contributed by atoms with van der Waals surface area (Å²) in [6, 6.07) is 3.87. The van der Waals surface area contributed by atoms with Crippen molar-refractivity contribution in [3.63, 3.8) is 0 Å². The molecule has 16 heavy (non-hydrogen) atoms. The number of hydrogen-bond donors (Lipinski definition) is 1. The number of nitrogens with one attached hydrogen (secondary N) is 1. The molecule has 0 saturated heterocycles. The zero-order chi connectivity index (χ0) is 12.1. The number of rotatable bonds is 4. The maximum Gasteiger partial charge on any atom is 0.270 e. The van der Waals surface area contributed by atoms with E-state index in [9.17, 15) is 4.79 Å². The van der Waals surface area contributed by atoms with Gasteiger partial charge in [0, 0.05) is 23.8 Å². The number of H-pyrrole nitrogens is 1. The van der Waals surface area contributed by atoms with Gasteiger partial charge in [0.15, 0.2) is 0 Å². The Morgan fingerprint density at radius 2 is 2.44 bits per heavy atom. The predicted molar refractivity (Wildman–Crippen MR) is 64.8 cm³/mol. The zero-order valence-corrected chi connectivity index (χ0v) is 10.9. The summed E-state index contributed by atoms with van der Waals surface area (Å²) >= 11 is 3.28. The minimum Gasteiger partial charge on any atom is -0.356 e. The summed E-state index contributed by atoms with van der Waals surface area (Å²) in [5.74, 6) is -0.224. The average molecular weight is 284 g/mol. The van der Waals surface area contributed by atoms with E-state index < -0.39 is 0 Å². The van der Waals surface area contributed by atoms with Crippen molar-refractivity contribution in [1.82, 2.24) is 9.88 Å². The lowest BCUT2D eigenvalue weighted by Crippen LogP contribution is -2.34. The first-order valence-corrected chi connectivity index (χ1v) is 5.90. The predicted octanol–water partition coefficient (Wildman–Crippen LogP) is 2.40. The summed E-state index contributed by atoms with van der Waals surface area (Å²) in [6.07, 6.45) is 1.72. The van der Waals surface area contributed by atoms with Gasteiger partial charge in [0.1, 0.15) is 5.69 Å². The topological polar surface area (TPSA) is 59.9 Å². The number of carbonyl (C=O) groups excluding carboxylic acids is 1. The largest absolute Gasteiger partial charge is 0.356 e. The highest BCUT2D eigenvalue weighted by Crippen LogP contribution is 2.13. The Hall–Kier alpha value is -1.28. The van der Waals surface area contributed by atoms with E-state index in [2.05, 4.69) is 27.0 Å². The summed E-state index contributed by atoms with van der Waals surface area (Å²) in [7, 11) is 0. The highest BCUT2D eigenvalue weighted by Gasteiger charge is 2.17. The van der Waals surface area contributed by atoms with Gasteiger partial charge in [0.05, 0.1) is 12.0 Å². The molecule has 1 unspecified atom stereocenters. The van der Waals surface area contributed by atoms with E-state index in [0.29, 0.717) is 18.8 Å². The van der Waals surface area contributed by atoms with Gasteiger partial charge >= 0.3 is 0 Å². The molecule has 1 rings (SSSR count). The molecule has 0 aliphatic heterocycles. The van der Waals surface area contributed by atoms with E-state index in [1.165, 1.54) is 0 Å². The van der Waals surface area contributed by atoms with Gasteiger partial charge in [-0.25, -0.2) is 0 Å². The first-order valence-electron chi connectivity index (χ1n) is 5.11. The lowest BCUT2D eigenvalue weighted by atomic mass is 10.2. The smallest absolute Gasteiger partial charge is 0.270 e.